The lowest BCUT2D eigenvalue weighted by atomic mass is 10.1. The van der Waals surface area contributed by atoms with Crippen molar-refractivity contribution in [1.29, 1.82) is 5.26 Å². The molecule has 0 aliphatic carbocycles. The fourth-order valence-corrected chi connectivity index (χ4v) is 1.36. The Hall–Kier alpha value is -2.15. The fraction of sp³-hybridized carbons (Fsp3) is 0.100. The molecule has 0 saturated carbocycles. The first-order valence-electron chi connectivity index (χ1n) is 4.15. The predicted octanol–water partition coefficient (Wildman–Crippen LogP) is 1.35. The predicted molar refractivity (Wildman–Crippen MR) is 51.2 cm³/mol. The minimum atomic E-state index is 0.543. The minimum absolute atomic E-state index is 0.543. The summed E-state index contributed by atoms with van der Waals surface area (Å²) in [4.78, 5) is 0. The summed E-state index contributed by atoms with van der Waals surface area (Å²) in [5.74, 6) is 0. The molecular weight excluding hydrogens is 176 g/mol. The first-order chi connectivity index (χ1) is 6.83. The Bertz CT molecular complexity index is 493. The lowest BCUT2D eigenvalue weighted by Gasteiger charge is -2.03. The van der Waals surface area contributed by atoms with E-state index in [-0.39, 0.29) is 0 Å². The molecule has 0 bridgehead atoms. The molecule has 0 radical (unpaired) electrons. The maximum atomic E-state index is 8.88. The molecule has 4 heteroatoms. The largest absolute Gasteiger partial charge is 0.350 e. The number of nitrogens with zero attached hydrogens (tertiary/aromatic N) is 4. The van der Waals surface area contributed by atoms with E-state index in [0.29, 0.717) is 5.56 Å². The highest BCUT2D eigenvalue weighted by atomic mass is 15.1. The first-order valence-corrected chi connectivity index (χ1v) is 4.15. The van der Waals surface area contributed by atoms with Gasteiger partial charge in [-0.1, -0.05) is 0 Å². The van der Waals surface area contributed by atoms with Crippen molar-refractivity contribution in [3.05, 3.63) is 36.3 Å². The van der Waals surface area contributed by atoms with Gasteiger partial charge in [0.25, 0.3) is 0 Å². The Morgan fingerprint density at radius 1 is 1.36 bits per heavy atom. The van der Waals surface area contributed by atoms with Gasteiger partial charge in [0.2, 0.25) is 0 Å². The highest BCUT2D eigenvalue weighted by Crippen LogP contribution is 2.20. The fourth-order valence-electron chi connectivity index (χ4n) is 1.36. The molecule has 0 aromatic carbocycles. The molecule has 0 saturated heterocycles. The van der Waals surface area contributed by atoms with Crippen LogP contribution in [0.2, 0.25) is 0 Å². The molecule has 0 spiro atoms. The van der Waals surface area contributed by atoms with Crippen molar-refractivity contribution in [3.8, 4) is 17.3 Å². The van der Waals surface area contributed by atoms with Crippen LogP contribution < -0.4 is 0 Å². The number of nitriles is 1. The molecule has 2 rings (SSSR count). The Balaban J connectivity index is 2.64. The highest BCUT2D eigenvalue weighted by Gasteiger charge is 2.07. The molecule has 14 heavy (non-hydrogen) atoms. The SMILES string of the molecule is Cn1cccc1-c1cnncc1C#N. The van der Waals surface area contributed by atoms with E-state index in [9.17, 15) is 0 Å². The Labute approximate surface area is 81.4 Å². The summed E-state index contributed by atoms with van der Waals surface area (Å²) in [5.41, 5.74) is 2.33. The van der Waals surface area contributed by atoms with Gasteiger partial charge >= 0.3 is 0 Å². The van der Waals surface area contributed by atoms with E-state index in [1.807, 2.05) is 29.9 Å². The number of hydrogen-bond acceptors (Lipinski definition) is 3. The molecule has 2 heterocycles. The second kappa shape index (κ2) is 3.30. The van der Waals surface area contributed by atoms with Crippen molar-refractivity contribution in [2.24, 2.45) is 7.05 Å². The smallest absolute Gasteiger partial charge is 0.102 e. The molecule has 0 aliphatic rings. The molecule has 0 fully saturated rings. The number of hydrogen-bond donors (Lipinski definition) is 0. The van der Waals surface area contributed by atoms with Gasteiger partial charge in [0, 0.05) is 18.8 Å². The maximum absolute atomic E-state index is 8.88. The van der Waals surface area contributed by atoms with Gasteiger partial charge in [-0.2, -0.15) is 15.5 Å². The second-order valence-corrected chi connectivity index (χ2v) is 2.93. The molecule has 0 amide bonds. The van der Waals surface area contributed by atoms with Gasteiger partial charge in [-0.3, -0.25) is 0 Å². The molecule has 2 aromatic heterocycles. The summed E-state index contributed by atoms with van der Waals surface area (Å²) >= 11 is 0. The third-order valence-electron chi connectivity index (χ3n) is 2.07. The Kier molecular flexibility index (Phi) is 1.99. The van der Waals surface area contributed by atoms with Crippen molar-refractivity contribution in [3.63, 3.8) is 0 Å². The zero-order valence-corrected chi connectivity index (χ0v) is 7.68. The molecule has 68 valence electrons. The molecule has 2 aromatic rings. The summed E-state index contributed by atoms with van der Waals surface area (Å²) in [6.07, 6.45) is 5.01. The van der Waals surface area contributed by atoms with Crippen LogP contribution in [0.4, 0.5) is 0 Å². The molecule has 0 atom stereocenters. The van der Waals surface area contributed by atoms with Crippen molar-refractivity contribution >= 4 is 0 Å². The van der Waals surface area contributed by atoms with Crippen LogP contribution in [0.1, 0.15) is 5.56 Å². The Morgan fingerprint density at radius 2 is 2.14 bits per heavy atom. The van der Waals surface area contributed by atoms with E-state index in [1.165, 1.54) is 6.20 Å². The van der Waals surface area contributed by atoms with Crippen molar-refractivity contribution in [1.82, 2.24) is 14.8 Å². The monoisotopic (exact) mass is 184 g/mol. The third kappa shape index (κ3) is 1.25. The average Bonchev–Trinajstić information content (AvgIpc) is 2.64. The van der Waals surface area contributed by atoms with E-state index in [4.69, 9.17) is 5.26 Å². The van der Waals surface area contributed by atoms with Crippen LogP contribution in [-0.2, 0) is 7.05 Å². The summed E-state index contributed by atoms with van der Waals surface area (Å²) in [6, 6.07) is 5.97. The normalized spacial score (nSPS) is 9.71. The van der Waals surface area contributed by atoms with Gasteiger partial charge < -0.3 is 4.57 Å². The zero-order chi connectivity index (χ0) is 9.97. The molecular formula is C10H8N4. The third-order valence-corrected chi connectivity index (χ3v) is 2.07. The van der Waals surface area contributed by atoms with Gasteiger partial charge in [-0.25, -0.2) is 0 Å². The first kappa shape index (κ1) is 8.45. The lowest BCUT2D eigenvalue weighted by molar-refractivity contribution is 0.929. The van der Waals surface area contributed by atoms with Gasteiger partial charge in [-0.15, -0.1) is 0 Å². The summed E-state index contributed by atoms with van der Waals surface area (Å²) in [5, 5.41) is 16.3. The van der Waals surface area contributed by atoms with Crippen LogP contribution in [-0.4, -0.2) is 14.8 Å². The summed E-state index contributed by atoms with van der Waals surface area (Å²) < 4.78 is 1.94. The molecule has 0 aliphatic heterocycles. The average molecular weight is 184 g/mol. The van der Waals surface area contributed by atoms with Crippen LogP contribution in [0.5, 0.6) is 0 Å². The van der Waals surface area contributed by atoms with Crippen LogP contribution in [0, 0.1) is 11.3 Å². The standard InChI is InChI=1S/C10H8N4/c1-14-4-2-3-10(14)9-7-13-12-6-8(9)5-11/h2-4,6-7H,1H3. The van der Waals surface area contributed by atoms with Crippen LogP contribution in [0.3, 0.4) is 0 Å². The van der Waals surface area contributed by atoms with Crippen molar-refractivity contribution < 1.29 is 0 Å². The maximum Gasteiger partial charge on any atom is 0.102 e. The quantitative estimate of drug-likeness (QED) is 0.672. The molecule has 0 N–H and O–H groups in total. The molecule has 0 unspecified atom stereocenters. The van der Waals surface area contributed by atoms with Gasteiger partial charge in [0.15, 0.2) is 0 Å². The number of aryl methyl sites for hydroxylation is 1. The van der Waals surface area contributed by atoms with Crippen LogP contribution >= 0.6 is 0 Å². The summed E-state index contributed by atoms with van der Waals surface area (Å²) in [7, 11) is 1.93. The lowest BCUT2D eigenvalue weighted by Crippen LogP contribution is -1.94. The highest BCUT2D eigenvalue weighted by molar-refractivity contribution is 5.66. The van der Waals surface area contributed by atoms with E-state index < -0.39 is 0 Å². The van der Waals surface area contributed by atoms with E-state index >= 15 is 0 Å². The number of rotatable bonds is 1. The minimum Gasteiger partial charge on any atom is -0.350 e. The summed E-state index contributed by atoms with van der Waals surface area (Å²) in [6.45, 7) is 0. The van der Waals surface area contributed by atoms with Gasteiger partial charge in [0.1, 0.15) is 6.07 Å². The van der Waals surface area contributed by atoms with Gasteiger partial charge in [0.05, 0.1) is 23.7 Å². The van der Waals surface area contributed by atoms with Crippen LogP contribution in [0.25, 0.3) is 11.3 Å². The number of aromatic nitrogens is 3. The molecule has 4 nitrogen and oxygen atoms in total. The van der Waals surface area contributed by atoms with E-state index in [0.717, 1.165) is 11.3 Å². The second-order valence-electron chi connectivity index (χ2n) is 2.93. The van der Waals surface area contributed by atoms with Gasteiger partial charge in [-0.05, 0) is 12.1 Å². The van der Waals surface area contributed by atoms with Crippen LogP contribution in [0.15, 0.2) is 30.7 Å². The zero-order valence-electron chi connectivity index (χ0n) is 7.68. The Morgan fingerprint density at radius 3 is 2.79 bits per heavy atom. The van der Waals surface area contributed by atoms with E-state index in [2.05, 4.69) is 16.3 Å². The van der Waals surface area contributed by atoms with E-state index in [1.54, 1.807) is 6.20 Å². The van der Waals surface area contributed by atoms with Crippen molar-refractivity contribution in [2.75, 3.05) is 0 Å². The topological polar surface area (TPSA) is 54.5 Å². The van der Waals surface area contributed by atoms with Crippen molar-refractivity contribution in [2.45, 2.75) is 0 Å².